The Balaban J connectivity index is 2.48. The summed E-state index contributed by atoms with van der Waals surface area (Å²) in [4.78, 5) is 4.20. The van der Waals surface area contributed by atoms with E-state index < -0.39 is 5.82 Å². The Morgan fingerprint density at radius 1 is 1.47 bits per heavy atom. The molecular weight excluding hydrogens is 245 g/mol. The van der Waals surface area contributed by atoms with Crippen LogP contribution in [0.25, 0.3) is 10.9 Å². The summed E-state index contributed by atoms with van der Waals surface area (Å²) in [5, 5.41) is 12.9. The summed E-state index contributed by atoms with van der Waals surface area (Å²) in [5.41, 5.74) is 7.01. The number of pyridine rings is 1. The van der Waals surface area contributed by atoms with Gasteiger partial charge in [-0.3, -0.25) is 4.98 Å². The van der Waals surface area contributed by atoms with E-state index in [9.17, 15) is 4.39 Å². The molecule has 2 rings (SSSR count). The van der Waals surface area contributed by atoms with Gasteiger partial charge >= 0.3 is 0 Å². The second kappa shape index (κ2) is 5.40. The third-order valence-corrected chi connectivity index (χ3v) is 3.39. The van der Waals surface area contributed by atoms with Gasteiger partial charge in [0.05, 0.1) is 11.2 Å². The summed E-state index contributed by atoms with van der Waals surface area (Å²) in [7, 11) is 0. The molecule has 0 fully saturated rings. The van der Waals surface area contributed by atoms with Crippen LogP contribution < -0.4 is 11.1 Å². The third kappa shape index (κ3) is 2.61. The van der Waals surface area contributed by atoms with E-state index in [2.05, 4.69) is 10.3 Å². The van der Waals surface area contributed by atoms with E-state index >= 15 is 0 Å². The van der Waals surface area contributed by atoms with Gasteiger partial charge in [0.1, 0.15) is 0 Å². The maximum Gasteiger partial charge on any atom is 0.150 e. The number of nitrogens with zero attached hydrogens (tertiary/aromatic N) is 1. The van der Waals surface area contributed by atoms with Crippen molar-refractivity contribution in [2.75, 3.05) is 17.7 Å². The number of hydrogen-bond acceptors (Lipinski definition) is 4. The highest BCUT2D eigenvalue weighted by atomic mass is 19.1. The highest BCUT2D eigenvalue weighted by Gasteiger charge is 2.17. The number of fused-ring (bicyclic) bond motifs is 1. The van der Waals surface area contributed by atoms with Crippen LogP contribution in [0.15, 0.2) is 24.4 Å². The summed E-state index contributed by atoms with van der Waals surface area (Å²) in [5.74, 6) is -0.420. The monoisotopic (exact) mass is 263 g/mol. The van der Waals surface area contributed by atoms with Crippen LogP contribution in [0.2, 0.25) is 0 Å². The molecule has 1 heterocycles. The number of halogens is 1. The number of rotatable bonds is 4. The number of aliphatic hydroxyl groups is 1. The van der Waals surface area contributed by atoms with Gasteiger partial charge in [-0.15, -0.1) is 0 Å². The molecule has 0 saturated carbocycles. The Hall–Kier alpha value is -1.88. The van der Waals surface area contributed by atoms with Crippen LogP contribution in [0.5, 0.6) is 0 Å². The Morgan fingerprint density at radius 3 is 2.89 bits per heavy atom. The van der Waals surface area contributed by atoms with Crippen molar-refractivity contribution in [1.29, 1.82) is 0 Å². The standard InChI is InChI=1S/C14H18FN3O/c1-8(7-19)9(2)18-14-11(15)6-12(16)10-4-3-5-17-13(10)14/h3-6,8-9,18-19H,7,16H2,1-2H3. The molecule has 5 heteroatoms. The summed E-state index contributed by atoms with van der Waals surface area (Å²) < 4.78 is 14.1. The van der Waals surface area contributed by atoms with Gasteiger partial charge in [-0.25, -0.2) is 4.39 Å². The van der Waals surface area contributed by atoms with Gasteiger partial charge in [-0.2, -0.15) is 0 Å². The van der Waals surface area contributed by atoms with Crippen molar-refractivity contribution >= 4 is 22.3 Å². The average Bonchev–Trinajstić information content (AvgIpc) is 2.42. The smallest absolute Gasteiger partial charge is 0.150 e. The lowest BCUT2D eigenvalue weighted by atomic mass is 10.0. The second-order valence-electron chi connectivity index (χ2n) is 4.82. The number of benzene rings is 1. The van der Waals surface area contributed by atoms with Crippen molar-refractivity contribution in [3.63, 3.8) is 0 Å². The van der Waals surface area contributed by atoms with Crippen molar-refractivity contribution in [1.82, 2.24) is 4.98 Å². The van der Waals surface area contributed by atoms with Gasteiger partial charge in [0.2, 0.25) is 0 Å². The molecular formula is C14H18FN3O. The molecule has 0 amide bonds. The Morgan fingerprint density at radius 2 is 2.21 bits per heavy atom. The number of aliphatic hydroxyl groups excluding tert-OH is 1. The van der Waals surface area contributed by atoms with Crippen LogP contribution in [0, 0.1) is 11.7 Å². The van der Waals surface area contributed by atoms with E-state index in [1.54, 1.807) is 12.3 Å². The van der Waals surface area contributed by atoms with Gasteiger partial charge in [0, 0.05) is 29.9 Å². The van der Waals surface area contributed by atoms with E-state index in [0.29, 0.717) is 16.9 Å². The third-order valence-electron chi connectivity index (χ3n) is 3.39. The molecule has 1 aromatic carbocycles. The highest BCUT2D eigenvalue weighted by Crippen LogP contribution is 2.30. The molecule has 0 spiro atoms. The van der Waals surface area contributed by atoms with Crippen molar-refractivity contribution in [2.45, 2.75) is 19.9 Å². The topological polar surface area (TPSA) is 71.2 Å². The normalized spacial score (nSPS) is 14.3. The van der Waals surface area contributed by atoms with Crippen molar-refractivity contribution in [3.05, 3.63) is 30.2 Å². The minimum absolute atomic E-state index is 0.00992. The SMILES string of the molecule is CC(CO)C(C)Nc1c(F)cc(N)c2cccnc12. The first-order valence-electron chi connectivity index (χ1n) is 6.24. The zero-order chi connectivity index (χ0) is 14.0. The molecule has 4 nitrogen and oxygen atoms in total. The first kappa shape index (κ1) is 13.5. The lowest BCUT2D eigenvalue weighted by Crippen LogP contribution is -2.27. The fraction of sp³-hybridized carbons (Fsp3) is 0.357. The van der Waals surface area contributed by atoms with Crippen molar-refractivity contribution in [3.8, 4) is 0 Å². The van der Waals surface area contributed by atoms with Gasteiger partial charge in [-0.1, -0.05) is 6.92 Å². The lowest BCUT2D eigenvalue weighted by Gasteiger charge is -2.22. The number of nitrogen functional groups attached to an aromatic ring is 1. The van der Waals surface area contributed by atoms with Gasteiger partial charge in [-0.05, 0) is 31.0 Å². The van der Waals surface area contributed by atoms with E-state index in [4.69, 9.17) is 10.8 Å². The molecule has 2 aromatic rings. The van der Waals surface area contributed by atoms with Gasteiger partial charge in [0.15, 0.2) is 5.82 Å². The maximum atomic E-state index is 14.1. The predicted octanol–water partition coefficient (Wildman–Crippen LogP) is 2.38. The van der Waals surface area contributed by atoms with E-state index in [1.807, 2.05) is 19.9 Å². The zero-order valence-electron chi connectivity index (χ0n) is 11.0. The fourth-order valence-electron chi connectivity index (χ4n) is 1.90. The zero-order valence-corrected chi connectivity index (χ0v) is 11.0. The summed E-state index contributed by atoms with van der Waals surface area (Å²) in [6.45, 7) is 3.82. The molecule has 2 unspecified atom stereocenters. The molecule has 19 heavy (non-hydrogen) atoms. The molecule has 0 aliphatic rings. The Labute approximate surface area is 111 Å². The fourth-order valence-corrected chi connectivity index (χ4v) is 1.90. The molecule has 0 radical (unpaired) electrons. The second-order valence-corrected chi connectivity index (χ2v) is 4.82. The van der Waals surface area contributed by atoms with Crippen LogP contribution in [-0.4, -0.2) is 22.7 Å². The van der Waals surface area contributed by atoms with Crippen LogP contribution in [0.1, 0.15) is 13.8 Å². The molecule has 0 bridgehead atoms. The molecule has 0 aliphatic carbocycles. The number of hydrogen-bond donors (Lipinski definition) is 3. The average molecular weight is 263 g/mol. The largest absolute Gasteiger partial charge is 0.398 e. The van der Waals surface area contributed by atoms with Crippen molar-refractivity contribution in [2.24, 2.45) is 5.92 Å². The maximum absolute atomic E-state index is 14.1. The Kier molecular flexibility index (Phi) is 3.85. The van der Waals surface area contributed by atoms with Gasteiger partial charge in [0.25, 0.3) is 0 Å². The van der Waals surface area contributed by atoms with E-state index in [0.717, 1.165) is 5.39 Å². The minimum atomic E-state index is -0.430. The first-order chi connectivity index (χ1) is 9.04. The number of nitrogens with one attached hydrogen (secondary N) is 1. The van der Waals surface area contributed by atoms with Crippen molar-refractivity contribution < 1.29 is 9.50 Å². The van der Waals surface area contributed by atoms with Crippen LogP contribution >= 0.6 is 0 Å². The number of anilines is 2. The number of aromatic nitrogens is 1. The molecule has 0 aliphatic heterocycles. The highest BCUT2D eigenvalue weighted by molar-refractivity contribution is 5.98. The first-order valence-corrected chi connectivity index (χ1v) is 6.24. The Bertz CT molecular complexity index is 588. The lowest BCUT2D eigenvalue weighted by molar-refractivity contribution is 0.226. The molecule has 4 N–H and O–H groups in total. The van der Waals surface area contributed by atoms with Crippen LogP contribution in [-0.2, 0) is 0 Å². The van der Waals surface area contributed by atoms with Crippen LogP contribution in [0.4, 0.5) is 15.8 Å². The minimum Gasteiger partial charge on any atom is -0.398 e. The summed E-state index contributed by atoms with van der Waals surface area (Å²) in [6.07, 6.45) is 1.60. The van der Waals surface area contributed by atoms with Crippen LogP contribution in [0.3, 0.4) is 0 Å². The van der Waals surface area contributed by atoms with E-state index in [1.165, 1.54) is 6.07 Å². The summed E-state index contributed by atoms with van der Waals surface area (Å²) >= 11 is 0. The van der Waals surface area contributed by atoms with E-state index in [-0.39, 0.29) is 18.6 Å². The van der Waals surface area contributed by atoms with Gasteiger partial charge < -0.3 is 16.2 Å². The number of nitrogens with two attached hydrogens (primary N) is 1. The summed E-state index contributed by atoms with van der Waals surface area (Å²) in [6, 6.07) is 4.79. The predicted molar refractivity (Wildman–Crippen MR) is 75.4 cm³/mol. The molecule has 2 atom stereocenters. The molecule has 102 valence electrons. The molecule has 1 aromatic heterocycles. The molecule has 0 saturated heterocycles. The quantitative estimate of drug-likeness (QED) is 0.741.